The van der Waals surface area contributed by atoms with E-state index in [9.17, 15) is 4.79 Å². The zero-order chi connectivity index (χ0) is 16.0. The van der Waals surface area contributed by atoms with E-state index in [2.05, 4.69) is 53.2 Å². The number of nitrogens with one attached hydrogen (secondary N) is 1. The molecule has 0 aliphatic carbocycles. The van der Waals surface area contributed by atoms with Gasteiger partial charge in [0, 0.05) is 17.9 Å². The van der Waals surface area contributed by atoms with E-state index in [0.29, 0.717) is 6.42 Å². The van der Waals surface area contributed by atoms with Gasteiger partial charge in [-0.1, -0.05) is 6.07 Å². The van der Waals surface area contributed by atoms with Gasteiger partial charge in [-0.25, -0.2) is 4.68 Å². The Morgan fingerprint density at radius 2 is 2.13 bits per heavy atom. The highest BCUT2D eigenvalue weighted by Crippen LogP contribution is 2.38. The predicted molar refractivity (Wildman–Crippen MR) is 92.4 cm³/mol. The molecule has 5 heteroatoms. The number of amides is 1. The van der Waals surface area contributed by atoms with E-state index in [1.165, 1.54) is 16.7 Å². The number of benzene rings is 1. The molecule has 1 aliphatic heterocycles. The maximum atomic E-state index is 12.2. The second-order valence-corrected chi connectivity index (χ2v) is 6.77. The maximum absolute atomic E-state index is 12.2. The first-order valence-corrected chi connectivity index (χ1v) is 8.55. The standard InChI is InChI=1S/C18H17N3OS/c1-11-3-4-14(7-12(11)2)21-18-16(9-19-21)15(8-17(22)20-18)13-5-6-23-10-13/h3-7,9-10,15H,8H2,1-2H3,(H,20,22). The van der Waals surface area contributed by atoms with Gasteiger partial charge in [-0.3, -0.25) is 4.79 Å². The average molecular weight is 323 g/mol. The summed E-state index contributed by atoms with van der Waals surface area (Å²) in [6.07, 6.45) is 2.36. The number of hydrogen-bond acceptors (Lipinski definition) is 3. The SMILES string of the molecule is Cc1ccc(-n2ncc3c2NC(=O)CC3c2ccsc2)cc1C. The van der Waals surface area contributed by atoms with E-state index >= 15 is 0 Å². The molecule has 3 heterocycles. The van der Waals surface area contributed by atoms with Crippen LogP contribution in [0.25, 0.3) is 5.69 Å². The second-order valence-electron chi connectivity index (χ2n) is 5.99. The molecule has 4 nitrogen and oxygen atoms in total. The molecule has 1 atom stereocenters. The van der Waals surface area contributed by atoms with E-state index in [-0.39, 0.29) is 11.8 Å². The highest BCUT2D eigenvalue weighted by atomic mass is 32.1. The fourth-order valence-corrected chi connectivity index (χ4v) is 3.76. The number of rotatable bonds is 2. The summed E-state index contributed by atoms with van der Waals surface area (Å²) in [6, 6.07) is 8.31. The van der Waals surface area contributed by atoms with Gasteiger partial charge in [0.1, 0.15) is 5.82 Å². The van der Waals surface area contributed by atoms with Crippen molar-refractivity contribution in [1.29, 1.82) is 0 Å². The van der Waals surface area contributed by atoms with Crippen molar-refractivity contribution in [3.63, 3.8) is 0 Å². The molecule has 1 N–H and O–H groups in total. The third-order valence-corrected chi connectivity index (χ3v) is 5.20. The maximum Gasteiger partial charge on any atom is 0.226 e. The fourth-order valence-electron chi connectivity index (χ4n) is 3.04. The third-order valence-electron chi connectivity index (χ3n) is 4.50. The Kier molecular flexibility index (Phi) is 3.31. The summed E-state index contributed by atoms with van der Waals surface area (Å²) in [6.45, 7) is 4.17. The van der Waals surface area contributed by atoms with Gasteiger partial charge < -0.3 is 5.32 Å². The van der Waals surface area contributed by atoms with Crippen LogP contribution in [-0.2, 0) is 4.79 Å². The fraction of sp³-hybridized carbons (Fsp3) is 0.222. The molecular formula is C18H17N3OS. The lowest BCUT2D eigenvalue weighted by Crippen LogP contribution is -2.24. The molecule has 1 aliphatic rings. The molecule has 0 fully saturated rings. The molecule has 3 aromatic rings. The zero-order valence-electron chi connectivity index (χ0n) is 13.0. The first-order chi connectivity index (χ1) is 11.1. The molecule has 0 saturated carbocycles. The molecule has 0 spiro atoms. The van der Waals surface area contributed by atoms with Crippen LogP contribution in [0.15, 0.2) is 41.2 Å². The normalized spacial score (nSPS) is 17.0. The van der Waals surface area contributed by atoms with Gasteiger partial charge >= 0.3 is 0 Å². The highest BCUT2D eigenvalue weighted by molar-refractivity contribution is 7.08. The minimum Gasteiger partial charge on any atom is -0.310 e. The molecule has 23 heavy (non-hydrogen) atoms. The molecule has 1 unspecified atom stereocenters. The number of hydrogen-bond donors (Lipinski definition) is 1. The van der Waals surface area contributed by atoms with Crippen LogP contribution in [0, 0.1) is 13.8 Å². The topological polar surface area (TPSA) is 46.9 Å². The lowest BCUT2D eigenvalue weighted by Gasteiger charge is -2.23. The average Bonchev–Trinajstić information content (AvgIpc) is 3.18. The summed E-state index contributed by atoms with van der Waals surface area (Å²) in [5, 5.41) is 11.7. The molecule has 1 aromatic carbocycles. The number of fused-ring (bicyclic) bond motifs is 1. The summed E-state index contributed by atoms with van der Waals surface area (Å²) in [4.78, 5) is 12.2. The summed E-state index contributed by atoms with van der Waals surface area (Å²) in [7, 11) is 0. The predicted octanol–water partition coefficient (Wildman–Crippen LogP) is 4.02. The summed E-state index contributed by atoms with van der Waals surface area (Å²) >= 11 is 1.66. The van der Waals surface area contributed by atoms with Gasteiger partial charge in [-0.15, -0.1) is 0 Å². The van der Waals surface area contributed by atoms with Crippen LogP contribution < -0.4 is 5.32 Å². The molecule has 4 rings (SSSR count). The summed E-state index contributed by atoms with van der Waals surface area (Å²) < 4.78 is 1.83. The van der Waals surface area contributed by atoms with Gasteiger partial charge in [0.15, 0.2) is 0 Å². The molecule has 0 bridgehead atoms. The van der Waals surface area contributed by atoms with Crippen molar-refractivity contribution < 1.29 is 4.79 Å². The highest BCUT2D eigenvalue weighted by Gasteiger charge is 2.30. The van der Waals surface area contributed by atoms with Crippen molar-refractivity contribution in [2.24, 2.45) is 0 Å². The Labute approximate surface area is 138 Å². The van der Waals surface area contributed by atoms with Crippen molar-refractivity contribution in [1.82, 2.24) is 9.78 Å². The van der Waals surface area contributed by atoms with Gasteiger partial charge in [0.05, 0.1) is 11.9 Å². The van der Waals surface area contributed by atoms with E-state index in [1.54, 1.807) is 11.3 Å². The number of aryl methyl sites for hydroxylation is 2. The van der Waals surface area contributed by atoms with Crippen molar-refractivity contribution >= 4 is 23.1 Å². The molecule has 2 aromatic heterocycles. The van der Waals surface area contributed by atoms with Crippen LogP contribution in [0.2, 0.25) is 0 Å². The summed E-state index contributed by atoms with van der Waals surface area (Å²) in [5.41, 5.74) is 5.70. The minimum absolute atomic E-state index is 0.0410. The second kappa shape index (κ2) is 5.35. The number of thiophene rings is 1. The lowest BCUT2D eigenvalue weighted by molar-refractivity contribution is -0.116. The van der Waals surface area contributed by atoms with Crippen LogP contribution in [0.1, 0.15) is 34.6 Å². The Morgan fingerprint density at radius 3 is 2.87 bits per heavy atom. The van der Waals surface area contributed by atoms with Crippen LogP contribution in [0.3, 0.4) is 0 Å². The third kappa shape index (κ3) is 2.37. The Morgan fingerprint density at radius 1 is 1.26 bits per heavy atom. The van der Waals surface area contributed by atoms with Crippen LogP contribution >= 0.6 is 11.3 Å². The molecule has 116 valence electrons. The number of anilines is 1. The number of carbonyl (C=O) groups excluding carboxylic acids is 1. The summed E-state index contributed by atoms with van der Waals surface area (Å²) in [5.74, 6) is 0.922. The van der Waals surface area contributed by atoms with Gasteiger partial charge in [-0.05, 0) is 59.5 Å². The van der Waals surface area contributed by atoms with Crippen LogP contribution in [0.5, 0.6) is 0 Å². The Hall–Kier alpha value is -2.40. The monoisotopic (exact) mass is 323 g/mol. The van der Waals surface area contributed by atoms with Gasteiger partial charge in [0.2, 0.25) is 5.91 Å². The van der Waals surface area contributed by atoms with Crippen molar-refractivity contribution in [3.8, 4) is 5.69 Å². The number of nitrogens with zero attached hydrogens (tertiary/aromatic N) is 2. The number of carbonyl (C=O) groups is 1. The molecular weight excluding hydrogens is 306 g/mol. The first kappa shape index (κ1) is 14.2. The van der Waals surface area contributed by atoms with Crippen LogP contribution in [0.4, 0.5) is 5.82 Å². The molecule has 0 radical (unpaired) electrons. The van der Waals surface area contributed by atoms with E-state index in [0.717, 1.165) is 17.1 Å². The van der Waals surface area contributed by atoms with E-state index in [4.69, 9.17) is 0 Å². The smallest absolute Gasteiger partial charge is 0.226 e. The largest absolute Gasteiger partial charge is 0.310 e. The number of aromatic nitrogens is 2. The lowest BCUT2D eigenvalue weighted by atomic mass is 9.89. The molecule has 1 amide bonds. The van der Waals surface area contributed by atoms with Crippen molar-refractivity contribution in [3.05, 3.63) is 63.5 Å². The first-order valence-electron chi connectivity index (χ1n) is 7.61. The van der Waals surface area contributed by atoms with Gasteiger partial charge in [-0.2, -0.15) is 16.4 Å². The minimum atomic E-state index is 0.0410. The Balaban J connectivity index is 1.83. The Bertz CT molecular complexity index is 880. The van der Waals surface area contributed by atoms with Crippen molar-refractivity contribution in [2.75, 3.05) is 5.32 Å². The molecule has 0 saturated heterocycles. The van der Waals surface area contributed by atoms with Crippen LogP contribution in [-0.4, -0.2) is 15.7 Å². The quantitative estimate of drug-likeness (QED) is 0.774. The van der Waals surface area contributed by atoms with E-state index < -0.39 is 0 Å². The van der Waals surface area contributed by atoms with Gasteiger partial charge in [0.25, 0.3) is 0 Å². The van der Waals surface area contributed by atoms with E-state index in [1.807, 2.05) is 16.9 Å². The van der Waals surface area contributed by atoms with Crippen molar-refractivity contribution in [2.45, 2.75) is 26.2 Å². The zero-order valence-corrected chi connectivity index (χ0v) is 13.9.